The highest BCUT2D eigenvalue weighted by Crippen LogP contribution is 2.26. The Morgan fingerprint density at radius 1 is 1.10 bits per heavy atom. The SMILES string of the molecule is CS(=O)(=O)Nc1ccc(-c2csc(NC(=O)c3ccc(OC(F)F)cc3)n2)cc1. The molecular formula is C18H15F2N3O4S2. The summed E-state index contributed by atoms with van der Waals surface area (Å²) in [5.74, 6) is -0.482. The summed E-state index contributed by atoms with van der Waals surface area (Å²) in [6.07, 6.45) is 1.07. The highest BCUT2D eigenvalue weighted by Gasteiger charge is 2.12. The second-order valence-electron chi connectivity index (χ2n) is 5.85. The fourth-order valence-electron chi connectivity index (χ4n) is 2.34. The second-order valence-corrected chi connectivity index (χ2v) is 8.45. The van der Waals surface area contributed by atoms with Crippen LogP contribution in [-0.4, -0.2) is 32.2 Å². The van der Waals surface area contributed by atoms with Crippen molar-refractivity contribution in [1.82, 2.24) is 4.98 Å². The van der Waals surface area contributed by atoms with E-state index in [0.29, 0.717) is 16.5 Å². The van der Waals surface area contributed by atoms with Crippen molar-refractivity contribution in [2.45, 2.75) is 6.61 Å². The van der Waals surface area contributed by atoms with Crippen LogP contribution in [0, 0.1) is 0 Å². The monoisotopic (exact) mass is 439 g/mol. The summed E-state index contributed by atoms with van der Waals surface area (Å²) >= 11 is 1.21. The van der Waals surface area contributed by atoms with E-state index in [-0.39, 0.29) is 11.3 Å². The predicted octanol–water partition coefficient (Wildman–Crippen LogP) is 4.04. The van der Waals surface area contributed by atoms with Crippen molar-refractivity contribution in [2.24, 2.45) is 0 Å². The number of anilines is 2. The Labute approximate surface area is 169 Å². The molecule has 0 bridgehead atoms. The second kappa shape index (κ2) is 8.53. The lowest BCUT2D eigenvalue weighted by Gasteiger charge is -2.05. The van der Waals surface area contributed by atoms with Gasteiger partial charge in [0.1, 0.15) is 5.75 Å². The molecule has 0 saturated carbocycles. The lowest BCUT2D eigenvalue weighted by atomic mass is 10.1. The lowest BCUT2D eigenvalue weighted by Crippen LogP contribution is -2.11. The molecule has 0 unspecified atom stereocenters. The zero-order chi connectivity index (χ0) is 21.0. The quantitative estimate of drug-likeness (QED) is 0.579. The van der Waals surface area contributed by atoms with E-state index < -0.39 is 22.5 Å². The Morgan fingerprint density at radius 3 is 2.34 bits per heavy atom. The topological polar surface area (TPSA) is 97.4 Å². The number of alkyl halides is 2. The summed E-state index contributed by atoms with van der Waals surface area (Å²) in [5.41, 5.74) is 2.05. The molecule has 0 saturated heterocycles. The van der Waals surface area contributed by atoms with E-state index in [2.05, 4.69) is 19.8 Å². The van der Waals surface area contributed by atoms with E-state index in [0.717, 1.165) is 11.8 Å². The average Bonchev–Trinajstić information content (AvgIpc) is 3.09. The summed E-state index contributed by atoms with van der Waals surface area (Å²) in [7, 11) is -3.36. The normalized spacial score (nSPS) is 11.3. The van der Waals surface area contributed by atoms with Gasteiger partial charge in [-0.15, -0.1) is 11.3 Å². The molecule has 29 heavy (non-hydrogen) atoms. The van der Waals surface area contributed by atoms with Crippen LogP contribution >= 0.6 is 11.3 Å². The Kier molecular flexibility index (Phi) is 6.09. The van der Waals surface area contributed by atoms with Gasteiger partial charge in [0.15, 0.2) is 5.13 Å². The molecular weight excluding hydrogens is 424 g/mol. The number of carbonyl (C=O) groups is 1. The molecule has 3 rings (SSSR count). The van der Waals surface area contributed by atoms with Gasteiger partial charge in [0.25, 0.3) is 5.91 Å². The van der Waals surface area contributed by atoms with E-state index in [1.807, 2.05) is 0 Å². The number of halogens is 2. The lowest BCUT2D eigenvalue weighted by molar-refractivity contribution is -0.0498. The fraction of sp³-hybridized carbons (Fsp3) is 0.111. The van der Waals surface area contributed by atoms with E-state index in [9.17, 15) is 22.0 Å². The first-order valence-corrected chi connectivity index (χ1v) is 10.9. The van der Waals surface area contributed by atoms with E-state index >= 15 is 0 Å². The molecule has 0 aliphatic carbocycles. The molecule has 1 aromatic heterocycles. The van der Waals surface area contributed by atoms with Crippen LogP contribution in [0.2, 0.25) is 0 Å². The molecule has 11 heteroatoms. The van der Waals surface area contributed by atoms with Gasteiger partial charge < -0.3 is 4.74 Å². The first-order valence-electron chi connectivity index (χ1n) is 8.09. The maximum atomic E-state index is 12.3. The average molecular weight is 439 g/mol. The van der Waals surface area contributed by atoms with Gasteiger partial charge in [0.05, 0.1) is 11.9 Å². The minimum Gasteiger partial charge on any atom is -0.435 e. The third-order valence-electron chi connectivity index (χ3n) is 3.55. The number of ether oxygens (including phenoxy) is 1. The molecule has 0 aliphatic rings. The Balaban J connectivity index is 1.66. The number of benzene rings is 2. The molecule has 0 radical (unpaired) electrons. The first-order chi connectivity index (χ1) is 13.7. The van der Waals surface area contributed by atoms with Crippen molar-refractivity contribution in [1.29, 1.82) is 0 Å². The van der Waals surface area contributed by atoms with Gasteiger partial charge in [0, 0.05) is 22.2 Å². The van der Waals surface area contributed by atoms with Crippen LogP contribution in [0.15, 0.2) is 53.9 Å². The molecule has 0 atom stereocenters. The largest absolute Gasteiger partial charge is 0.435 e. The smallest absolute Gasteiger partial charge is 0.387 e. The van der Waals surface area contributed by atoms with Crippen molar-refractivity contribution in [3.8, 4) is 17.0 Å². The number of hydrogen-bond donors (Lipinski definition) is 2. The number of carbonyl (C=O) groups excluding carboxylic acids is 1. The molecule has 2 aromatic carbocycles. The van der Waals surface area contributed by atoms with Gasteiger partial charge in [-0.1, -0.05) is 12.1 Å². The van der Waals surface area contributed by atoms with Gasteiger partial charge >= 0.3 is 6.61 Å². The van der Waals surface area contributed by atoms with Gasteiger partial charge in [-0.3, -0.25) is 14.8 Å². The van der Waals surface area contributed by atoms with E-state index in [4.69, 9.17) is 0 Å². The number of thiazole rings is 1. The van der Waals surface area contributed by atoms with Crippen LogP contribution in [0.1, 0.15) is 10.4 Å². The van der Waals surface area contributed by atoms with Gasteiger partial charge in [-0.25, -0.2) is 13.4 Å². The summed E-state index contributed by atoms with van der Waals surface area (Å²) in [6.45, 7) is -2.93. The van der Waals surface area contributed by atoms with Gasteiger partial charge in [-0.2, -0.15) is 8.78 Å². The van der Waals surface area contributed by atoms with Crippen molar-refractivity contribution in [3.05, 3.63) is 59.5 Å². The van der Waals surface area contributed by atoms with E-state index in [1.54, 1.807) is 29.6 Å². The number of rotatable bonds is 7. The Morgan fingerprint density at radius 2 is 1.76 bits per heavy atom. The predicted molar refractivity (Wildman–Crippen MR) is 107 cm³/mol. The Bertz CT molecular complexity index is 1100. The van der Waals surface area contributed by atoms with Crippen LogP contribution in [0.3, 0.4) is 0 Å². The van der Waals surface area contributed by atoms with Crippen LogP contribution in [0.25, 0.3) is 11.3 Å². The number of sulfonamides is 1. The molecule has 0 aliphatic heterocycles. The summed E-state index contributed by atoms with van der Waals surface area (Å²) < 4.78 is 53.4. The zero-order valence-electron chi connectivity index (χ0n) is 14.9. The zero-order valence-corrected chi connectivity index (χ0v) is 16.6. The van der Waals surface area contributed by atoms with Gasteiger partial charge in [0.2, 0.25) is 10.0 Å². The van der Waals surface area contributed by atoms with Crippen molar-refractivity contribution < 1.29 is 26.7 Å². The van der Waals surface area contributed by atoms with Crippen molar-refractivity contribution in [2.75, 3.05) is 16.3 Å². The number of amides is 1. The number of aromatic nitrogens is 1. The molecule has 1 amide bonds. The van der Waals surface area contributed by atoms with Crippen molar-refractivity contribution in [3.63, 3.8) is 0 Å². The Hall–Kier alpha value is -3.05. The summed E-state index contributed by atoms with van der Waals surface area (Å²) in [6, 6.07) is 11.9. The molecule has 0 spiro atoms. The fourth-order valence-corrected chi connectivity index (χ4v) is 3.62. The van der Waals surface area contributed by atoms with Crippen LogP contribution in [-0.2, 0) is 10.0 Å². The molecule has 3 aromatic rings. The molecule has 1 heterocycles. The van der Waals surface area contributed by atoms with Crippen molar-refractivity contribution >= 4 is 38.1 Å². The summed E-state index contributed by atoms with van der Waals surface area (Å²) in [4.78, 5) is 16.6. The number of nitrogens with one attached hydrogen (secondary N) is 2. The van der Waals surface area contributed by atoms with E-state index in [1.165, 1.54) is 35.6 Å². The third kappa shape index (κ3) is 5.96. The highest BCUT2D eigenvalue weighted by atomic mass is 32.2. The first kappa shape index (κ1) is 20.7. The van der Waals surface area contributed by atoms with Crippen LogP contribution < -0.4 is 14.8 Å². The molecule has 152 valence electrons. The number of nitrogens with zero attached hydrogens (tertiary/aromatic N) is 1. The molecule has 2 N–H and O–H groups in total. The standard InChI is InChI=1S/C18H15F2N3O4S2/c1-29(25,26)23-13-6-2-11(3-7-13)15-10-28-18(21-15)22-16(24)12-4-8-14(9-5-12)27-17(19)20/h2-10,17,23H,1H3,(H,21,22,24). The van der Waals surface area contributed by atoms with Crippen LogP contribution in [0.5, 0.6) is 5.75 Å². The molecule has 7 nitrogen and oxygen atoms in total. The van der Waals surface area contributed by atoms with Gasteiger partial charge in [-0.05, 0) is 36.4 Å². The maximum Gasteiger partial charge on any atom is 0.387 e. The highest BCUT2D eigenvalue weighted by molar-refractivity contribution is 7.92. The third-order valence-corrected chi connectivity index (χ3v) is 4.91. The minimum atomic E-state index is -3.36. The minimum absolute atomic E-state index is 0.0399. The molecule has 0 fully saturated rings. The van der Waals surface area contributed by atoms with Crippen LogP contribution in [0.4, 0.5) is 19.6 Å². The summed E-state index contributed by atoms with van der Waals surface area (Å²) in [5, 5.41) is 4.74. The number of hydrogen-bond acceptors (Lipinski definition) is 6. The maximum absolute atomic E-state index is 12.3.